The number of carbonyl (C=O) groups excluding carboxylic acids is 1. The van der Waals surface area contributed by atoms with Crippen molar-refractivity contribution in [2.45, 2.75) is 11.3 Å². The van der Waals surface area contributed by atoms with Crippen molar-refractivity contribution in [3.05, 3.63) is 60.4 Å². The zero-order valence-corrected chi connectivity index (χ0v) is 11.1. The van der Waals surface area contributed by atoms with Crippen molar-refractivity contribution in [2.24, 2.45) is 0 Å². The van der Waals surface area contributed by atoms with E-state index in [2.05, 4.69) is 5.32 Å². The number of hydrogen-bond donors (Lipinski definition) is 1. The van der Waals surface area contributed by atoms with Crippen molar-refractivity contribution in [2.75, 3.05) is 11.1 Å². The minimum Gasteiger partial charge on any atom is -0.326 e. The maximum Gasteiger partial charge on any atom is 0.225 e. The van der Waals surface area contributed by atoms with Gasteiger partial charge in [0.05, 0.1) is 0 Å². The van der Waals surface area contributed by atoms with Crippen molar-refractivity contribution in [3.63, 3.8) is 0 Å². The lowest BCUT2D eigenvalue weighted by molar-refractivity contribution is -0.115. The predicted molar refractivity (Wildman–Crippen MR) is 76.8 cm³/mol. The van der Waals surface area contributed by atoms with Crippen LogP contribution in [0, 0.1) is 5.82 Å². The highest BCUT2D eigenvalue weighted by Gasteiger charge is 2.03. The Bertz CT molecular complexity index is 528. The molecule has 2 rings (SSSR count). The Morgan fingerprint density at radius 1 is 1.05 bits per heavy atom. The molecular formula is C15H14FNOS. The number of anilines is 1. The second-order valence-corrected chi connectivity index (χ2v) is 5.13. The van der Waals surface area contributed by atoms with Gasteiger partial charge in [-0.2, -0.15) is 0 Å². The molecule has 0 atom stereocenters. The van der Waals surface area contributed by atoms with E-state index in [4.69, 9.17) is 0 Å². The molecule has 0 saturated heterocycles. The Morgan fingerprint density at radius 3 is 2.42 bits per heavy atom. The molecule has 0 aliphatic rings. The molecule has 19 heavy (non-hydrogen) atoms. The van der Waals surface area contributed by atoms with Crippen LogP contribution in [0.5, 0.6) is 0 Å². The van der Waals surface area contributed by atoms with E-state index in [-0.39, 0.29) is 11.7 Å². The van der Waals surface area contributed by atoms with Gasteiger partial charge < -0.3 is 5.32 Å². The molecule has 2 aromatic carbocycles. The zero-order chi connectivity index (χ0) is 13.5. The molecule has 1 amide bonds. The first-order valence-electron chi connectivity index (χ1n) is 5.97. The summed E-state index contributed by atoms with van der Waals surface area (Å²) >= 11 is 1.64. The first-order valence-corrected chi connectivity index (χ1v) is 6.96. The number of rotatable bonds is 5. The molecule has 0 aliphatic carbocycles. The molecular weight excluding hydrogens is 261 g/mol. The number of amides is 1. The third kappa shape index (κ3) is 4.75. The molecule has 2 nitrogen and oxygen atoms in total. The van der Waals surface area contributed by atoms with Crippen molar-refractivity contribution in [3.8, 4) is 0 Å². The number of thioether (sulfide) groups is 1. The largest absolute Gasteiger partial charge is 0.326 e. The number of carbonyl (C=O) groups is 1. The third-order valence-corrected chi connectivity index (χ3v) is 3.48. The Labute approximate surface area is 116 Å². The fraction of sp³-hybridized carbons (Fsp3) is 0.133. The summed E-state index contributed by atoms with van der Waals surface area (Å²) in [5.41, 5.74) is 0.621. The lowest BCUT2D eigenvalue weighted by Crippen LogP contribution is -2.12. The molecule has 0 heterocycles. The summed E-state index contributed by atoms with van der Waals surface area (Å²) in [7, 11) is 0. The smallest absolute Gasteiger partial charge is 0.225 e. The summed E-state index contributed by atoms with van der Waals surface area (Å²) in [4.78, 5) is 12.8. The van der Waals surface area contributed by atoms with Crippen molar-refractivity contribution >= 4 is 23.4 Å². The van der Waals surface area contributed by atoms with Gasteiger partial charge in [-0.15, -0.1) is 11.8 Å². The van der Waals surface area contributed by atoms with Gasteiger partial charge in [0.25, 0.3) is 0 Å². The van der Waals surface area contributed by atoms with Gasteiger partial charge in [-0.3, -0.25) is 4.79 Å². The second kappa shape index (κ2) is 6.95. The highest BCUT2D eigenvalue weighted by atomic mass is 32.2. The maximum atomic E-state index is 12.7. The van der Waals surface area contributed by atoms with Gasteiger partial charge in [0.2, 0.25) is 5.91 Å². The lowest BCUT2D eigenvalue weighted by Gasteiger charge is -2.05. The minimum atomic E-state index is -0.308. The minimum absolute atomic E-state index is 0.0601. The SMILES string of the molecule is O=C(CCSc1ccccc1)Nc1ccc(F)cc1. The Balaban J connectivity index is 1.74. The molecule has 0 aliphatic heterocycles. The van der Waals surface area contributed by atoms with Gasteiger partial charge in [0, 0.05) is 22.8 Å². The molecule has 0 radical (unpaired) electrons. The molecule has 0 aromatic heterocycles. The van der Waals surface area contributed by atoms with Crippen LogP contribution in [0.2, 0.25) is 0 Å². The second-order valence-electron chi connectivity index (χ2n) is 3.97. The molecule has 0 saturated carbocycles. The number of nitrogens with one attached hydrogen (secondary N) is 1. The maximum absolute atomic E-state index is 12.7. The van der Waals surface area contributed by atoms with Gasteiger partial charge in [-0.05, 0) is 36.4 Å². The highest BCUT2D eigenvalue weighted by molar-refractivity contribution is 7.99. The van der Waals surface area contributed by atoms with Crippen LogP contribution in [-0.2, 0) is 4.79 Å². The molecule has 0 unspecified atom stereocenters. The Hall–Kier alpha value is -1.81. The molecule has 98 valence electrons. The summed E-state index contributed by atoms with van der Waals surface area (Å²) < 4.78 is 12.7. The Morgan fingerprint density at radius 2 is 1.74 bits per heavy atom. The summed E-state index contributed by atoms with van der Waals surface area (Å²) in [6.45, 7) is 0. The van der Waals surface area contributed by atoms with Gasteiger partial charge in [0.15, 0.2) is 0 Å². The normalized spacial score (nSPS) is 10.2. The van der Waals surface area contributed by atoms with Crippen LogP contribution < -0.4 is 5.32 Å². The van der Waals surface area contributed by atoms with Crippen molar-refractivity contribution in [1.82, 2.24) is 0 Å². The van der Waals surface area contributed by atoms with Crippen LogP contribution in [0.15, 0.2) is 59.5 Å². The highest BCUT2D eigenvalue weighted by Crippen LogP contribution is 2.18. The molecule has 0 bridgehead atoms. The number of hydrogen-bond acceptors (Lipinski definition) is 2. The lowest BCUT2D eigenvalue weighted by atomic mass is 10.3. The van der Waals surface area contributed by atoms with Crippen LogP contribution in [-0.4, -0.2) is 11.7 Å². The van der Waals surface area contributed by atoms with E-state index in [0.29, 0.717) is 12.1 Å². The predicted octanol–water partition coefficient (Wildman–Crippen LogP) is 3.95. The Kier molecular flexibility index (Phi) is 4.98. The van der Waals surface area contributed by atoms with E-state index < -0.39 is 0 Å². The van der Waals surface area contributed by atoms with E-state index >= 15 is 0 Å². The molecule has 0 spiro atoms. The van der Waals surface area contributed by atoms with Gasteiger partial charge in [0.1, 0.15) is 5.82 Å². The van der Waals surface area contributed by atoms with E-state index in [9.17, 15) is 9.18 Å². The zero-order valence-electron chi connectivity index (χ0n) is 10.3. The summed E-state index contributed by atoms with van der Waals surface area (Å²) in [5, 5.41) is 2.74. The van der Waals surface area contributed by atoms with E-state index in [1.165, 1.54) is 12.1 Å². The average Bonchev–Trinajstić information content (AvgIpc) is 2.43. The fourth-order valence-corrected chi connectivity index (χ4v) is 2.41. The van der Waals surface area contributed by atoms with Crippen LogP contribution in [0.1, 0.15) is 6.42 Å². The molecule has 2 aromatic rings. The first kappa shape index (κ1) is 13.6. The number of halogens is 1. The van der Waals surface area contributed by atoms with Gasteiger partial charge >= 0.3 is 0 Å². The monoisotopic (exact) mass is 275 g/mol. The third-order valence-electron chi connectivity index (χ3n) is 2.47. The van der Waals surface area contributed by atoms with Crippen LogP contribution in [0.3, 0.4) is 0 Å². The standard InChI is InChI=1S/C15H14FNOS/c16-12-6-8-13(9-7-12)17-15(18)10-11-19-14-4-2-1-3-5-14/h1-9H,10-11H2,(H,17,18). The van der Waals surface area contributed by atoms with Crippen molar-refractivity contribution < 1.29 is 9.18 Å². The number of benzene rings is 2. The molecule has 4 heteroatoms. The summed E-state index contributed by atoms with van der Waals surface area (Å²) in [6.07, 6.45) is 0.428. The van der Waals surface area contributed by atoms with E-state index in [1.54, 1.807) is 23.9 Å². The summed E-state index contributed by atoms with van der Waals surface area (Å²) in [5.74, 6) is 0.351. The van der Waals surface area contributed by atoms with Crippen LogP contribution >= 0.6 is 11.8 Å². The van der Waals surface area contributed by atoms with Crippen LogP contribution in [0.25, 0.3) is 0 Å². The quantitative estimate of drug-likeness (QED) is 0.837. The van der Waals surface area contributed by atoms with E-state index in [1.807, 2.05) is 30.3 Å². The molecule has 0 fully saturated rings. The first-order chi connectivity index (χ1) is 9.24. The van der Waals surface area contributed by atoms with Crippen LogP contribution in [0.4, 0.5) is 10.1 Å². The average molecular weight is 275 g/mol. The van der Waals surface area contributed by atoms with Crippen molar-refractivity contribution in [1.29, 1.82) is 0 Å². The van der Waals surface area contributed by atoms with Gasteiger partial charge in [-0.25, -0.2) is 4.39 Å². The van der Waals surface area contributed by atoms with E-state index in [0.717, 1.165) is 10.6 Å². The topological polar surface area (TPSA) is 29.1 Å². The fourth-order valence-electron chi connectivity index (χ4n) is 1.54. The molecule has 1 N–H and O–H groups in total. The van der Waals surface area contributed by atoms with Gasteiger partial charge in [-0.1, -0.05) is 18.2 Å². The summed E-state index contributed by atoms with van der Waals surface area (Å²) in [6, 6.07) is 15.7.